The van der Waals surface area contributed by atoms with Gasteiger partial charge in [0.05, 0.1) is 11.8 Å². The largest absolute Gasteiger partial charge is 0.469 e. The molecule has 2 rings (SSSR count). The molecule has 0 fully saturated rings. The quantitative estimate of drug-likeness (QED) is 0.860. The minimum atomic E-state index is -0.658. The molecule has 0 radical (unpaired) electrons. The molecule has 0 saturated heterocycles. The molecule has 0 aliphatic heterocycles. The van der Waals surface area contributed by atoms with Gasteiger partial charge in [-0.05, 0) is 19.4 Å². The lowest BCUT2D eigenvalue weighted by Crippen LogP contribution is -1.98. The van der Waals surface area contributed by atoms with Gasteiger partial charge in [0.1, 0.15) is 11.9 Å². The first kappa shape index (κ1) is 10.9. The molecule has 5 nitrogen and oxygen atoms in total. The Morgan fingerprint density at radius 1 is 1.50 bits per heavy atom. The monoisotopic (exact) mass is 222 g/mol. The smallest absolute Gasteiger partial charge is 0.261 e. The Morgan fingerprint density at radius 3 is 2.94 bits per heavy atom. The van der Waals surface area contributed by atoms with Gasteiger partial charge in [-0.15, -0.1) is 0 Å². The van der Waals surface area contributed by atoms with Crippen molar-refractivity contribution in [2.24, 2.45) is 0 Å². The molecule has 0 spiro atoms. The summed E-state index contributed by atoms with van der Waals surface area (Å²) in [5.41, 5.74) is 0.766. The van der Waals surface area contributed by atoms with E-state index in [4.69, 9.17) is 8.94 Å². The van der Waals surface area contributed by atoms with Crippen molar-refractivity contribution in [2.75, 3.05) is 0 Å². The van der Waals surface area contributed by atoms with Gasteiger partial charge in [0.25, 0.3) is 5.89 Å². The van der Waals surface area contributed by atoms with Gasteiger partial charge in [-0.3, -0.25) is 0 Å². The van der Waals surface area contributed by atoms with E-state index in [0.717, 1.165) is 17.7 Å². The maximum atomic E-state index is 9.69. The van der Waals surface area contributed by atoms with Crippen LogP contribution in [-0.4, -0.2) is 15.2 Å². The fourth-order valence-electron chi connectivity index (χ4n) is 1.49. The Balaban J connectivity index is 2.23. The van der Waals surface area contributed by atoms with Gasteiger partial charge in [-0.25, -0.2) is 0 Å². The van der Waals surface area contributed by atoms with Crippen molar-refractivity contribution in [3.05, 3.63) is 23.9 Å². The number of aryl methyl sites for hydroxylation is 1. The van der Waals surface area contributed by atoms with E-state index >= 15 is 0 Å². The highest BCUT2D eigenvalue weighted by atomic mass is 16.5. The molecule has 1 unspecified atom stereocenters. The molecule has 1 N–H and O–H groups in total. The molecule has 86 valence electrons. The van der Waals surface area contributed by atoms with E-state index in [1.54, 1.807) is 12.3 Å². The number of hydrogen-bond donors (Lipinski definition) is 1. The predicted molar refractivity (Wildman–Crippen MR) is 56.6 cm³/mol. The number of rotatable bonds is 4. The summed E-state index contributed by atoms with van der Waals surface area (Å²) < 4.78 is 10.2. The summed E-state index contributed by atoms with van der Waals surface area (Å²) in [5.74, 6) is 1.44. The minimum Gasteiger partial charge on any atom is -0.469 e. The second-order valence-electron chi connectivity index (χ2n) is 3.65. The molecule has 0 amide bonds. The maximum Gasteiger partial charge on any atom is 0.261 e. The van der Waals surface area contributed by atoms with Crippen LogP contribution in [0, 0.1) is 6.92 Å². The van der Waals surface area contributed by atoms with Gasteiger partial charge < -0.3 is 14.0 Å². The van der Waals surface area contributed by atoms with E-state index in [1.165, 1.54) is 0 Å². The van der Waals surface area contributed by atoms with Crippen molar-refractivity contribution in [2.45, 2.75) is 32.8 Å². The summed E-state index contributed by atoms with van der Waals surface area (Å²) in [7, 11) is 0. The normalized spacial score (nSPS) is 12.9. The fraction of sp³-hybridized carbons (Fsp3) is 0.455. The zero-order valence-corrected chi connectivity index (χ0v) is 9.30. The average Bonchev–Trinajstić information content (AvgIpc) is 2.86. The van der Waals surface area contributed by atoms with Crippen LogP contribution in [0.4, 0.5) is 0 Å². The van der Waals surface area contributed by atoms with Crippen LogP contribution in [0.2, 0.25) is 0 Å². The summed E-state index contributed by atoms with van der Waals surface area (Å²) in [5, 5.41) is 13.4. The summed E-state index contributed by atoms with van der Waals surface area (Å²) in [6, 6.07) is 1.76. The van der Waals surface area contributed by atoms with Gasteiger partial charge in [-0.2, -0.15) is 4.98 Å². The van der Waals surface area contributed by atoms with Crippen molar-refractivity contribution >= 4 is 0 Å². The van der Waals surface area contributed by atoms with Gasteiger partial charge in [0.2, 0.25) is 5.82 Å². The van der Waals surface area contributed by atoms with Crippen molar-refractivity contribution in [3.63, 3.8) is 0 Å². The zero-order valence-electron chi connectivity index (χ0n) is 9.30. The molecular formula is C11H14N2O3. The zero-order chi connectivity index (χ0) is 11.5. The number of furan rings is 1. The number of nitrogens with zero attached hydrogens (tertiary/aromatic N) is 2. The highest BCUT2D eigenvalue weighted by molar-refractivity contribution is 5.54. The third-order valence-electron chi connectivity index (χ3n) is 2.39. The second kappa shape index (κ2) is 4.49. The summed E-state index contributed by atoms with van der Waals surface area (Å²) in [6.45, 7) is 3.81. The molecule has 16 heavy (non-hydrogen) atoms. The van der Waals surface area contributed by atoms with Crippen LogP contribution >= 0.6 is 0 Å². The van der Waals surface area contributed by atoms with Crippen LogP contribution in [0.1, 0.15) is 37.5 Å². The Morgan fingerprint density at radius 2 is 2.31 bits per heavy atom. The van der Waals surface area contributed by atoms with Crippen LogP contribution < -0.4 is 0 Å². The standard InChI is InChI=1S/C11H14N2O3/c1-3-4-9(14)10-12-11(16-13-10)8-5-6-15-7(8)2/h5-6,9,14H,3-4H2,1-2H3. The summed E-state index contributed by atoms with van der Waals surface area (Å²) in [6.07, 6.45) is 2.41. The predicted octanol–water partition coefficient (Wildman–Crippen LogP) is 2.47. The Bertz CT molecular complexity index is 461. The van der Waals surface area contributed by atoms with Crippen LogP contribution in [-0.2, 0) is 0 Å². The first-order valence-corrected chi connectivity index (χ1v) is 5.28. The lowest BCUT2D eigenvalue weighted by molar-refractivity contribution is 0.153. The third-order valence-corrected chi connectivity index (χ3v) is 2.39. The Hall–Kier alpha value is -1.62. The molecule has 2 aromatic heterocycles. The second-order valence-corrected chi connectivity index (χ2v) is 3.65. The van der Waals surface area contributed by atoms with Gasteiger partial charge in [-0.1, -0.05) is 18.5 Å². The van der Waals surface area contributed by atoms with E-state index in [0.29, 0.717) is 18.1 Å². The van der Waals surface area contributed by atoms with Crippen LogP contribution in [0.25, 0.3) is 11.5 Å². The molecule has 0 saturated carbocycles. The van der Waals surface area contributed by atoms with Crippen molar-refractivity contribution in [3.8, 4) is 11.5 Å². The molecule has 0 aliphatic carbocycles. The third kappa shape index (κ3) is 1.99. The molecule has 1 atom stereocenters. The van der Waals surface area contributed by atoms with E-state index < -0.39 is 6.10 Å². The molecule has 0 bridgehead atoms. The summed E-state index contributed by atoms with van der Waals surface area (Å²) >= 11 is 0. The van der Waals surface area contributed by atoms with Crippen LogP contribution in [0.3, 0.4) is 0 Å². The minimum absolute atomic E-state index is 0.331. The number of aromatic nitrogens is 2. The number of aliphatic hydroxyl groups excluding tert-OH is 1. The van der Waals surface area contributed by atoms with E-state index in [-0.39, 0.29) is 0 Å². The van der Waals surface area contributed by atoms with Gasteiger partial charge >= 0.3 is 0 Å². The number of aliphatic hydroxyl groups is 1. The topological polar surface area (TPSA) is 72.3 Å². The Kier molecular flexibility index (Phi) is 3.05. The van der Waals surface area contributed by atoms with Crippen LogP contribution in [0.5, 0.6) is 0 Å². The van der Waals surface area contributed by atoms with E-state index in [9.17, 15) is 5.11 Å². The van der Waals surface area contributed by atoms with Crippen LogP contribution in [0.15, 0.2) is 21.3 Å². The Labute approximate surface area is 93.1 Å². The lowest BCUT2D eigenvalue weighted by atomic mass is 10.2. The lowest BCUT2D eigenvalue weighted by Gasteiger charge is -2.01. The molecule has 2 heterocycles. The van der Waals surface area contributed by atoms with Gasteiger partial charge in [0.15, 0.2) is 0 Å². The van der Waals surface area contributed by atoms with Crippen molar-refractivity contribution in [1.82, 2.24) is 10.1 Å². The maximum absolute atomic E-state index is 9.69. The van der Waals surface area contributed by atoms with E-state index in [1.807, 2.05) is 13.8 Å². The molecule has 0 aliphatic rings. The molecule has 5 heteroatoms. The van der Waals surface area contributed by atoms with Crippen molar-refractivity contribution < 1.29 is 14.0 Å². The van der Waals surface area contributed by atoms with Crippen molar-refractivity contribution in [1.29, 1.82) is 0 Å². The highest BCUT2D eigenvalue weighted by Gasteiger charge is 2.17. The fourth-order valence-corrected chi connectivity index (χ4v) is 1.49. The summed E-state index contributed by atoms with van der Waals surface area (Å²) in [4.78, 5) is 4.14. The van der Waals surface area contributed by atoms with Gasteiger partial charge in [0, 0.05) is 0 Å². The molecule has 0 aromatic carbocycles. The SMILES string of the molecule is CCCC(O)c1noc(-c2ccoc2C)n1. The number of hydrogen-bond acceptors (Lipinski definition) is 5. The van der Waals surface area contributed by atoms with E-state index in [2.05, 4.69) is 10.1 Å². The first-order chi connectivity index (χ1) is 7.72. The average molecular weight is 222 g/mol. The first-order valence-electron chi connectivity index (χ1n) is 5.28. The molecular weight excluding hydrogens is 208 g/mol. The highest BCUT2D eigenvalue weighted by Crippen LogP contribution is 2.24. The molecule has 2 aromatic rings.